The Hall–Kier alpha value is -6.86. The van der Waals surface area contributed by atoms with Gasteiger partial charge >= 0.3 is 0 Å². The number of aromatic nitrogens is 4. The largest absolute Gasteiger partial charge is 0.226 e. The van der Waals surface area contributed by atoms with Gasteiger partial charge in [0.2, 0.25) is 0 Å². The highest BCUT2D eigenvalue weighted by molar-refractivity contribution is 7.26. The summed E-state index contributed by atoms with van der Waals surface area (Å²) in [5.74, 6) is 1.45. The van der Waals surface area contributed by atoms with E-state index >= 15 is 0 Å². The minimum Gasteiger partial charge on any atom is -0.226 e. The van der Waals surface area contributed by atoms with Crippen LogP contribution in [0.4, 0.5) is 0 Å². The molecule has 0 aliphatic rings. The number of thiophene rings is 2. The van der Waals surface area contributed by atoms with E-state index in [0.717, 1.165) is 98.7 Å². The maximum Gasteiger partial charge on any atom is 0.160 e. The van der Waals surface area contributed by atoms with Crippen molar-refractivity contribution >= 4 is 63.3 Å². The Balaban J connectivity index is 0.954. The minimum absolute atomic E-state index is 0.722. The molecule has 4 heterocycles. The summed E-state index contributed by atoms with van der Waals surface area (Å²) in [6.07, 6.45) is 0. The molecule has 6 heteroatoms. The van der Waals surface area contributed by atoms with Crippen LogP contribution in [0.2, 0.25) is 0 Å². The highest BCUT2D eigenvalue weighted by atomic mass is 32.1. The van der Waals surface area contributed by atoms with Crippen LogP contribution < -0.4 is 0 Å². The quantitative estimate of drug-likeness (QED) is 0.170. The van der Waals surface area contributed by atoms with Gasteiger partial charge in [0.25, 0.3) is 0 Å². The molecule has 0 atom stereocenters. The Morgan fingerprint density at radius 2 is 0.679 bits per heavy atom. The van der Waals surface area contributed by atoms with Gasteiger partial charge in [-0.25, -0.2) is 19.9 Å². The molecule has 262 valence electrons. The SMILES string of the molecule is c1ccc(-c2nc(-c3ccc(-c4cccc(-c5cccc(-c6nc(-c7ccccc7)c7sc8ccccc8c7n6)c5)c4)cc3)nc3c2sc2ccccc23)cc1. The lowest BCUT2D eigenvalue weighted by Gasteiger charge is -2.10. The Morgan fingerprint density at radius 1 is 0.286 bits per heavy atom. The molecule has 0 bridgehead atoms. The van der Waals surface area contributed by atoms with Gasteiger partial charge in [0.1, 0.15) is 0 Å². The lowest BCUT2D eigenvalue weighted by Crippen LogP contribution is -1.94. The second-order valence-corrected chi connectivity index (χ2v) is 15.9. The first-order valence-corrected chi connectivity index (χ1v) is 20.2. The third-order valence-corrected chi connectivity index (χ3v) is 12.7. The van der Waals surface area contributed by atoms with Crippen molar-refractivity contribution in [3.8, 4) is 67.5 Å². The van der Waals surface area contributed by atoms with E-state index in [4.69, 9.17) is 19.9 Å². The predicted molar refractivity (Wildman–Crippen MR) is 236 cm³/mol. The van der Waals surface area contributed by atoms with E-state index in [0.29, 0.717) is 0 Å². The maximum atomic E-state index is 5.21. The highest BCUT2D eigenvalue weighted by Gasteiger charge is 2.18. The van der Waals surface area contributed by atoms with Gasteiger partial charge in [0.05, 0.1) is 31.8 Å². The van der Waals surface area contributed by atoms with Gasteiger partial charge in [-0.3, -0.25) is 0 Å². The van der Waals surface area contributed by atoms with Crippen LogP contribution in [0.1, 0.15) is 0 Å². The third kappa shape index (κ3) is 5.66. The van der Waals surface area contributed by atoms with Crippen molar-refractivity contribution in [1.29, 1.82) is 0 Å². The summed E-state index contributed by atoms with van der Waals surface area (Å²) >= 11 is 3.51. The number of fused-ring (bicyclic) bond motifs is 6. The lowest BCUT2D eigenvalue weighted by molar-refractivity contribution is 1.24. The van der Waals surface area contributed by atoms with Crippen LogP contribution in [-0.2, 0) is 0 Å². The first-order chi connectivity index (χ1) is 27.7. The van der Waals surface area contributed by atoms with Gasteiger partial charge in [-0.2, -0.15) is 0 Å². The molecule has 0 saturated carbocycles. The monoisotopic (exact) mass is 750 g/mol. The Bertz CT molecular complexity index is 3240. The van der Waals surface area contributed by atoms with Gasteiger partial charge in [0.15, 0.2) is 11.6 Å². The smallest absolute Gasteiger partial charge is 0.160 e. The summed E-state index contributed by atoms with van der Waals surface area (Å²) in [7, 11) is 0. The maximum absolute atomic E-state index is 5.21. The van der Waals surface area contributed by atoms with Gasteiger partial charge < -0.3 is 0 Å². The summed E-state index contributed by atoms with van der Waals surface area (Å²) in [5, 5.41) is 2.32. The summed E-state index contributed by atoms with van der Waals surface area (Å²) in [6, 6.07) is 63.8. The predicted octanol–water partition coefficient (Wildman–Crippen LogP) is 14.0. The molecular weight excluding hydrogens is 721 g/mol. The number of hydrogen-bond donors (Lipinski definition) is 0. The van der Waals surface area contributed by atoms with Gasteiger partial charge in [-0.05, 0) is 46.5 Å². The van der Waals surface area contributed by atoms with Crippen molar-refractivity contribution in [3.05, 3.63) is 182 Å². The van der Waals surface area contributed by atoms with Crippen LogP contribution in [-0.4, -0.2) is 19.9 Å². The number of rotatable bonds is 6. The van der Waals surface area contributed by atoms with Crippen molar-refractivity contribution in [1.82, 2.24) is 19.9 Å². The Labute approximate surface area is 331 Å². The van der Waals surface area contributed by atoms with Crippen LogP contribution in [0.5, 0.6) is 0 Å². The van der Waals surface area contributed by atoms with Crippen molar-refractivity contribution < 1.29 is 0 Å². The molecule has 0 spiro atoms. The number of nitrogens with zero attached hydrogens (tertiary/aromatic N) is 4. The summed E-state index contributed by atoms with van der Waals surface area (Å²) in [4.78, 5) is 20.7. The molecule has 0 aliphatic heterocycles. The van der Waals surface area contributed by atoms with Crippen LogP contribution in [0, 0.1) is 0 Å². The molecular formula is C50H30N4S2. The molecule has 11 rings (SSSR count). The zero-order valence-corrected chi connectivity index (χ0v) is 31.6. The van der Waals surface area contributed by atoms with Crippen LogP contribution >= 0.6 is 22.7 Å². The van der Waals surface area contributed by atoms with Gasteiger partial charge in [0, 0.05) is 42.4 Å². The van der Waals surface area contributed by atoms with E-state index < -0.39 is 0 Å². The van der Waals surface area contributed by atoms with E-state index in [-0.39, 0.29) is 0 Å². The molecule has 0 saturated heterocycles. The average molecular weight is 751 g/mol. The van der Waals surface area contributed by atoms with E-state index in [9.17, 15) is 0 Å². The third-order valence-electron chi connectivity index (χ3n) is 10.3. The Morgan fingerprint density at radius 3 is 1.21 bits per heavy atom. The Kier molecular flexibility index (Phi) is 7.83. The lowest BCUT2D eigenvalue weighted by atomic mass is 9.97. The minimum atomic E-state index is 0.722. The van der Waals surface area contributed by atoms with Crippen LogP contribution in [0.3, 0.4) is 0 Å². The highest BCUT2D eigenvalue weighted by Crippen LogP contribution is 2.41. The summed E-state index contributed by atoms with van der Waals surface area (Å²) in [6.45, 7) is 0. The molecule has 56 heavy (non-hydrogen) atoms. The normalized spacial score (nSPS) is 11.6. The molecule has 0 fully saturated rings. The van der Waals surface area contributed by atoms with Crippen molar-refractivity contribution in [2.24, 2.45) is 0 Å². The molecule has 4 aromatic heterocycles. The molecule has 0 N–H and O–H groups in total. The van der Waals surface area contributed by atoms with Gasteiger partial charge in [-0.1, -0.05) is 158 Å². The zero-order chi connectivity index (χ0) is 37.0. The molecule has 7 aromatic carbocycles. The topological polar surface area (TPSA) is 51.6 Å². The fourth-order valence-corrected chi connectivity index (χ4v) is 9.86. The molecule has 11 aromatic rings. The first-order valence-electron chi connectivity index (χ1n) is 18.5. The van der Waals surface area contributed by atoms with Crippen LogP contribution in [0.15, 0.2) is 182 Å². The fourth-order valence-electron chi connectivity index (χ4n) is 7.55. The van der Waals surface area contributed by atoms with E-state index in [1.165, 1.54) is 9.40 Å². The fraction of sp³-hybridized carbons (Fsp3) is 0. The van der Waals surface area contributed by atoms with E-state index in [1.807, 2.05) is 12.1 Å². The molecule has 0 aliphatic carbocycles. The second-order valence-electron chi connectivity index (χ2n) is 13.8. The molecule has 0 amide bonds. The zero-order valence-electron chi connectivity index (χ0n) is 29.9. The molecule has 0 radical (unpaired) electrons. The standard InChI is InChI=1S/C50H30N4S2/c1-3-13-32(14-4-1)43-47-45(39-21-7-9-23-41(39)55-47)53-49(51-43)34-27-25-31(26-28-34)35-17-11-18-36(29-35)37-19-12-20-38(30-37)50-52-44(33-15-5-2-6-16-33)48-46(54-50)40-22-8-10-24-42(40)56-48/h1-30H. The summed E-state index contributed by atoms with van der Waals surface area (Å²) in [5.41, 5.74) is 12.6. The van der Waals surface area contributed by atoms with E-state index in [2.05, 4.69) is 170 Å². The molecule has 4 nitrogen and oxygen atoms in total. The van der Waals surface area contributed by atoms with Crippen LogP contribution in [0.25, 0.3) is 108 Å². The summed E-state index contributed by atoms with van der Waals surface area (Å²) < 4.78 is 4.65. The molecule has 0 unspecified atom stereocenters. The van der Waals surface area contributed by atoms with Gasteiger partial charge in [-0.15, -0.1) is 22.7 Å². The van der Waals surface area contributed by atoms with Crippen molar-refractivity contribution in [2.45, 2.75) is 0 Å². The first kappa shape index (κ1) is 32.6. The number of hydrogen-bond acceptors (Lipinski definition) is 6. The van der Waals surface area contributed by atoms with Crippen molar-refractivity contribution in [2.75, 3.05) is 0 Å². The van der Waals surface area contributed by atoms with E-state index in [1.54, 1.807) is 22.7 Å². The second kappa shape index (κ2) is 13.5. The average Bonchev–Trinajstić information content (AvgIpc) is 3.85. The number of benzene rings is 7. The van der Waals surface area contributed by atoms with Crippen molar-refractivity contribution in [3.63, 3.8) is 0 Å².